The van der Waals surface area contributed by atoms with E-state index in [9.17, 15) is 8.42 Å². The Hall–Kier alpha value is -1.52. The van der Waals surface area contributed by atoms with E-state index in [4.69, 9.17) is 11.6 Å². The minimum atomic E-state index is -3.71. The zero-order valence-corrected chi connectivity index (χ0v) is 11.2. The van der Waals surface area contributed by atoms with Gasteiger partial charge in [0.1, 0.15) is 10.0 Å². The van der Waals surface area contributed by atoms with Crippen molar-refractivity contribution in [1.82, 2.24) is 0 Å². The summed E-state index contributed by atoms with van der Waals surface area (Å²) in [5.74, 6) is 0. The fourth-order valence-electron chi connectivity index (χ4n) is 1.42. The molecule has 0 saturated carbocycles. The first-order valence-corrected chi connectivity index (χ1v) is 7.10. The van der Waals surface area contributed by atoms with Crippen molar-refractivity contribution in [3.05, 3.63) is 63.8 Å². The third kappa shape index (κ3) is 2.83. The zero-order chi connectivity index (χ0) is 13.2. The van der Waals surface area contributed by atoms with Crippen molar-refractivity contribution in [2.75, 3.05) is 0 Å². The number of hydrogen-bond acceptors (Lipinski definition) is 2. The lowest BCUT2D eigenvalue weighted by molar-refractivity contribution is 0.603. The first-order chi connectivity index (χ1) is 8.49. The highest BCUT2D eigenvalue weighted by Crippen LogP contribution is 2.33. The standard InChI is InChI=1S/C13H11ClNO2S/c1-10-6-8-11(9-7-10)18(16,17)15-13-5-3-2-4-12(13)14/h2-9H,1H3/q-1. The van der Waals surface area contributed by atoms with Crippen molar-refractivity contribution in [3.8, 4) is 0 Å². The summed E-state index contributed by atoms with van der Waals surface area (Å²) in [5, 5.41) is 0.313. The van der Waals surface area contributed by atoms with E-state index in [1.54, 1.807) is 36.4 Å². The quantitative estimate of drug-likeness (QED) is 0.852. The highest BCUT2D eigenvalue weighted by Gasteiger charge is 2.04. The Morgan fingerprint density at radius 3 is 2.22 bits per heavy atom. The van der Waals surface area contributed by atoms with Crippen LogP contribution in [0.4, 0.5) is 5.69 Å². The van der Waals surface area contributed by atoms with Crippen LogP contribution in [0.2, 0.25) is 5.02 Å². The lowest BCUT2D eigenvalue weighted by Gasteiger charge is -2.23. The van der Waals surface area contributed by atoms with E-state index in [1.165, 1.54) is 12.1 Å². The molecule has 2 aromatic carbocycles. The van der Waals surface area contributed by atoms with Crippen LogP contribution in [0, 0.1) is 6.92 Å². The lowest BCUT2D eigenvalue weighted by Crippen LogP contribution is -1.97. The monoisotopic (exact) mass is 280 g/mol. The van der Waals surface area contributed by atoms with Crippen LogP contribution in [0.15, 0.2) is 53.4 Å². The fourth-order valence-corrected chi connectivity index (χ4v) is 2.65. The van der Waals surface area contributed by atoms with Gasteiger partial charge in [0.25, 0.3) is 0 Å². The van der Waals surface area contributed by atoms with E-state index in [0.717, 1.165) is 5.56 Å². The van der Waals surface area contributed by atoms with Crippen molar-refractivity contribution in [1.29, 1.82) is 0 Å². The van der Waals surface area contributed by atoms with Gasteiger partial charge in [-0.1, -0.05) is 47.5 Å². The van der Waals surface area contributed by atoms with E-state index in [1.807, 2.05) is 6.92 Å². The summed E-state index contributed by atoms with van der Waals surface area (Å²) in [6, 6.07) is 13.1. The molecular weight excluding hydrogens is 270 g/mol. The first kappa shape index (κ1) is 12.9. The summed E-state index contributed by atoms with van der Waals surface area (Å²) in [7, 11) is -3.71. The molecule has 2 rings (SSSR count). The number of halogens is 1. The molecular formula is C13H11ClNO2S-. The highest BCUT2D eigenvalue weighted by molar-refractivity contribution is 7.94. The molecule has 0 unspecified atom stereocenters. The molecule has 0 aliphatic heterocycles. The Bertz CT molecular complexity index is 651. The molecule has 94 valence electrons. The van der Waals surface area contributed by atoms with Crippen molar-refractivity contribution in [3.63, 3.8) is 0 Å². The molecule has 0 aliphatic carbocycles. The van der Waals surface area contributed by atoms with Crippen LogP contribution in [0.1, 0.15) is 5.56 Å². The molecule has 0 amide bonds. The van der Waals surface area contributed by atoms with Crippen molar-refractivity contribution in [2.24, 2.45) is 0 Å². The third-order valence-electron chi connectivity index (χ3n) is 2.39. The van der Waals surface area contributed by atoms with E-state index in [-0.39, 0.29) is 10.6 Å². The zero-order valence-electron chi connectivity index (χ0n) is 9.67. The fraction of sp³-hybridized carbons (Fsp3) is 0.0769. The Morgan fingerprint density at radius 2 is 1.61 bits per heavy atom. The largest absolute Gasteiger partial charge is 0.572 e. The second kappa shape index (κ2) is 5.00. The Balaban J connectivity index is 2.33. The highest BCUT2D eigenvalue weighted by atomic mass is 35.5. The number of aryl methyl sites for hydroxylation is 1. The average molecular weight is 281 g/mol. The van der Waals surface area contributed by atoms with E-state index >= 15 is 0 Å². The lowest BCUT2D eigenvalue weighted by atomic mass is 10.2. The maximum atomic E-state index is 12.0. The van der Waals surface area contributed by atoms with Gasteiger partial charge >= 0.3 is 0 Å². The van der Waals surface area contributed by atoms with Crippen molar-refractivity contribution < 1.29 is 8.42 Å². The number of hydrogen-bond donors (Lipinski definition) is 0. The van der Waals surface area contributed by atoms with Crippen LogP contribution in [0.3, 0.4) is 0 Å². The third-order valence-corrected chi connectivity index (χ3v) is 4.01. The number of benzene rings is 2. The molecule has 18 heavy (non-hydrogen) atoms. The molecule has 0 aromatic heterocycles. The first-order valence-electron chi connectivity index (χ1n) is 5.28. The maximum absolute atomic E-state index is 12.0. The van der Waals surface area contributed by atoms with Gasteiger partial charge in [0.2, 0.25) is 0 Å². The molecule has 0 fully saturated rings. The predicted octanol–water partition coefficient (Wildman–Crippen LogP) is 4.04. The Morgan fingerprint density at radius 1 is 1.00 bits per heavy atom. The van der Waals surface area contributed by atoms with E-state index in [0.29, 0.717) is 5.02 Å². The second-order valence-electron chi connectivity index (χ2n) is 3.83. The number of sulfonamides is 1. The van der Waals surface area contributed by atoms with Gasteiger partial charge in [0, 0.05) is 5.02 Å². The van der Waals surface area contributed by atoms with Crippen molar-refractivity contribution >= 4 is 27.3 Å². The molecule has 3 nitrogen and oxygen atoms in total. The topological polar surface area (TPSA) is 48.2 Å². The van der Waals surface area contributed by atoms with Crippen LogP contribution in [0.25, 0.3) is 4.72 Å². The van der Waals surface area contributed by atoms with Gasteiger partial charge in [-0.15, -0.1) is 5.69 Å². The summed E-state index contributed by atoms with van der Waals surface area (Å²) in [6.07, 6.45) is 0. The summed E-state index contributed by atoms with van der Waals surface area (Å²) in [6.45, 7) is 1.89. The normalized spacial score (nSPS) is 11.2. The molecule has 0 aliphatic rings. The summed E-state index contributed by atoms with van der Waals surface area (Å²) in [5.41, 5.74) is 1.24. The molecule has 2 aromatic rings. The van der Waals surface area contributed by atoms with Gasteiger partial charge < -0.3 is 4.72 Å². The molecule has 0 atom stereocenters. The Labute approximate surface area is 111 Å². The van der Waals surface area contributed by atoms with Crippen LogP contribution < -0.4 is 0 Å². The van der Waals surface area contributed by atoms with Gasteiger partial charge in [-0.05, 0) is 25.1 Å². The molecule has 0 radical (unpaired) electrons. The average Bonchev–Trinajstić information content (AvgIpc) is 2.32. The molecule has 0 bridgehead atoms. The summed E-state index contributed by atoms with van der Waals surface area (Å²) < 4.78 is 27.8. The number of rotatable bonds is 3. The van der Waals surface area contributed by atoms with Gasteiger partial charge in [0.15, 0.2) is 0 Å². The SMILES string of the molecule is Cc1ccc(S(=O)(=O)[N-]c2ccccc2Cl)cc1. The summed E-state index contributed by atoms with van der Waals surface area (Å²) >= 11 is 5.88. The number of nitrogens with zero attached hydrogens (tertiary/aromatic N) is 1. The van der Waals surface area contributed by atoms with Gasteiger partial charge in [-0.3, -0.25) is 0 Å². The molecule has 5 heteroatoms. The summed E-state index contributed by atoms with van der Waals surface area (Å²) in [4.78, 5) is 0.160. The molecule has 0 heterocycles. The minimum absolute atomic E-state index is 0.160. The maximum Gasteiger partial charge on any atom is 0.123 e. The molecule has 0 saturated heterocycles. The van der Waals surface area contributed by atoms with Crippen LogP contribution in [-0.2, 0) is 10.0 Å². The second-order valence-corrected chi connectivity index (χ2v) is 5.84. The molecule has 0 N–H and O–H groups in total. The van der Waals surface area contributed by atoms with Gasteiger partial charge in [-0.25, -0.2) is 8.42 Å². The van der Waals surface area contributed by atoms with Crippen LogP contribution in [-0.4, -0.2) is 8.42 Å². The predicted molar refractivity (Wildman–Crippen MR) is 72.8 cm³/mol. The smallest absolute Gasteiger partial charge is 0.123 e. The van der Waals surface area contributed by atoms with E-state index < -0.39 is 10.0 Å². The van der Waals surface area contributed by atoms with E-state index in [2.05, 4.69) is 4.72 Å². The van der Waals surface area contributed by atoms with Gasteiger partial charge in [-0.2, -0.15) is 0 Å². The van der Waals surface area contributed by atoms with Gasteiger partial charge in [0.05, 0.1) is 4.90 Å². The van der Waals surface area contributed by atoms with Crippen LogP contribution >= 0.6 is 11.6 Å². The minimum Gasteiger partial charge on any atom is -0.572 e. The molecule has 0 spiro atoms. The Kier molecular flexibility index (Phi) is 3.59. The van der Waals surface area contributed by atoms with Crippen LogP contribution in [0.5, 0.6) is 0 Å². The van der Waals surface area contributed by atoms with Crippen molar-refractivity contribution in [2.45, 2.75) is 11.8 Å².